The number of pyridine rings is 2. The first kappa shape index (κ1) is 29.5. The molecule has 0 aliphatic carbocycles. The summed E-state index contributed by atoms with van der Waals surface area (Å²) in [5.41, 5.74) is -1.00. The van der Waals surface area contributed by atoms with Crippen LogP contribution in [0.2, 0.25) is 0 Å². The molecule has 0 spiro atoms. The Hall–Kier alpha value is -6.26. The molecule has 0 saturated heterocycles. The Bertz CT molecular complexity index is 2000. The first-order valence-corrected chi connectivity index (χ1v) is 13.7. The highest BCUT2D eigenvalue weighted by Gasteiger charge is 2.35. The lowest BCUT2D eigenvalue weighted by molar-refractivity contribution is -0.142. The summed E-state index contributed by atoms with van der Waals surface area (Å²) in [4.78, 5) is 25.4. The van der Waals surface area contributed by atoms with Crippen LogP contribution in [-0.4, -0.2) is 49.5 Å². The van der Waals surface area contributed by atoms with Gasteiger partial charge in [-0.25, -0.2) is 29.3 Å². The Morgan fingerprint density at radius 1 is 0.574 bits per heavy atom. The number of halogens is 6. The largest absolute Gasteiger partial charge is 0.435 e. The van der Waals surface area contributed by atoms with Crippen molar-refractivity contribution in [1.29, 1.82) is 0 Å². The second-order valence-electron chi connectivity index (χ2n) is 9.91. The van der Waals surface area contributed by atoms with Crippen molar-refractivity contribution in [3.05, 3.63) is 115 Å². The molecule has 2 N–H and O–H groups in total. The van der Waals surface area contributed by atoms with Crippen LogP contribution < -0.4 is 4.90 Å². The Kier molecular flexibility index (Phi) is 7.06. The zero-order chi connectivity index (χ0) is 32.8. The summed E-state index contributed by atoms with van der Waals surface area (Å²) >= 11 is 0. The van der Waals surface area contributed by atoms with Crippen LogP contribution in [0.5, 0.6) is 0 Å². The normalized spacial score (nSPS) is 12.0. The van der Waals surface area contributed by atoms with Gasteiger partial charge in [0.1, 0.15) is 23.3 Å². The van der Waals surface area contributed by atoms with Gasteiger partial charge < -0.3 is 9.97 Å². The number of hydrogen-bond acceptors (Lipinski definition) is 7. The molecule has 1 aromatic carbocycles. The summed E-state index contributed by atoms with van der Waals surface area (Å²) in [6.45, 7) is 0. The first-order valence-electron chi connectivity index (χ1n) is 13.7. The van der Waals surface area contributed by atoms with Crippen LogP contribution in [0.25, 0.3) is 34.4 Å². The lowest BCUT2D eigenvalue weighted by Gasteiger charge is -2.25. The van der Waals surface area contributed by atoms with E-state index in [2.05, 4.69) is 30.1 Å². The van der Waals surface area contributed by atoms with Crippen molar-refractivity contribution in [1.82, 2.24) is 49.5 Å². The summed E-state index contributed by atoms with van der Waals surface area (Å²) in [5, 5.41) is 7.45. The van der Waals surface area contributed by atoms with Gasteiger partial charge in [-0.15, -0.1) is 0 Å². The molecule has 6 aromatic heterocycles. The van der Waals surface area contributed by atoms with Gasteiger partial charge in [0, 0.05) is 42.9 Å². The maximum absolute atomic E-state index is 13.5. The molecule has 6 heterocycles. The molecular weight excluding hydrogens is 628 g/mol. The number of imidazole rings is 2. The van der Waals surface area contributed by atoms with E-state index < -0.39 is 23.7 Å². The van der Waals surface area contributed by atoms with Crippen molar-refractivity contribution in [3.8, 4) is 34.4 Å². The molecule has 0 aliphatic rings. The molecule has 0 amide bonds. The molecule has 0 bridgehead atoms. The third-order valence-corrected chi connectivity index (χ3v) is 6.89. The van der Waals surface area contributed by atoms with Crippen LogP contribution in [0, 0.1) is 0 Å². The summed E-state index contributed by atoms with van der Waals surface area (Å²) in [6.07, 6.45) is -1.04. The highest BCUT2D eigenvalue weighted by atomic mass is 19.4. The molecule has 0 fully saturated rings. The van der Waals surface area contributed by atoms with Crippen LogP contribution >= 0.6 is 0 Å². The molecule has 11 nitrogen and oxygen atoms in total. The number of anilines is 3. The molecular formula is C30H19F6N11. The van der Waals surface area contributed by atoms with Gasteiger partial charge in [0.15, 0.2) is 23.0 Å². The third-order valence-electron chi connectivity index (χ3n) is 6.89. The van der Waals surface area contributed by atoms with Gasteiger partial charge in [0.2, 0.25) is 0 Å². The molecule has 236 valence electrons. The van der Waals surface area contributed by atoms with E-state index in [-0.39, 0.29) is 23.3 Å². The highest BCUT2D eigenvalue weighted by molar-refractivity contribution is 5.77. The van der Waals surface area contributed by atoms with Gasteiger partial charge in [-0.05, 0) is 48.5 Å². The van der Waals surface area contributed by atoms with Gasteiger partial charge in [0.25, 0.3) is 0 Å². The number of aromatic nitrogens is 10. The average molecular weight is 648 g/mol. The van der Waals surface area contributed by atoms with Crippen molar-refractivity contribution >= 4 is 17.3 Å². The van der Waals surface area contributed by atoms with Gasteiger partial charge in [-0.2, -0.15) is 36.5 Å². The molecule has 0 radical (unpaired) electrons. The van der Waals surface area contributed by atoms with Crippen LogP contribution in [0.15, 0.2) is 104 Å². The minimum Gasteiger partial charge on any atom is -0.345 e. The van der Waals surface area contributed by atoms with Crippen LogP contribution in [-0.2, 0) is 12.4 Å². The van der Waals surface area contributed by atoms with Gasteiger partial charge in [-0.1, -0.05) is 18.2 Å². The summed E-state index contributed by atoms with van der Waals surface area (Å²) in [5.74, 6) is 1.09. The second-order valence-corrected chi connectivity index (χ2v) is 9.91. The predicted octanol–water partition coefficient (Wildman–Crippen LogP) is 7.14. The second kappa shape index (κ2) is 11.3. The summed E-state index contributed by atoms with van der Waals surface area (Å²) in [7, 11) is 0. The Morgan fingerprint density at radius 3 is 1.43 bits per heavy atom. The van der Waals surface area contributed by atoms with E-state index in [1.165, 1.54) is 12.4 Å². The van der Waals surface area contributed by atoms with Gasteiger partial charge in [0.05, 0.1) is 11.1 Å². The quantitative estimate of drug-likeness (QED) is 0.177. The Labute approximate surface area is 260 Å². The van der Waals surface area contributed by atoms with E-state index >= 15 is 0 Å². The smallest absolute Gasteiger partial charge is 0.345 e. The number of benzene rings is 1. The third kappa shape index (κ3) is 5.69. The van der Waals surface area contributed by atoms with Crippen molar-refractivity contribution in [2.24, 2.45) is 0 Å². The highest BCUT2D eigenvalue weighted by Crippen LogP contribution is 2.37. The molecule has 0 saturated carbocycles. The van der Waals surface area contributed by atoms with Crippen LogP contribution in [0.3, 0.4) is 0 Å². The van der Waals surface area contributed by atoms with Gasteiger partial charge in [-0.3, -0.25) is 4.90 Å². The van der Waals surface area contributed by atoms with Gasteiger partial charge >= 0.3 is 12.4 Å². The zero-order valence-electron chi connectivity index (χ0n) is 23.6. The number of alkyl halides is 6. The number of nitrogens with one attached hydrogen (secondary N) is 2. The van der Waals surface area contributed by atoms with Crippen LogP contribution in [0.4, 0.5) is 43.7 Å². The number of hydrogen-bond donors (Lipinski definition) is 2. The fraction of sp³-hybridized carbons (Fsp3) is 0.0667. The van der Waals surface area contributed by atoms with Crippen molar-refractivity contribution in [2.75, 3.05) is 4.90 Å². The molecule has 0 aliphatic heterocycles. The number of rotatable bonds is 7. The van der Waals surface area contributed by atoms with E-state index in [0.29, 0.717) is 28.5 Å². The van der Waals surface area contributed by atoms with E-state index in [0.717, 1.165) is 33.9 Å². The molecule has 7 aromatic rings. The lowest BCUT2D eigenvalue weighted by atomic mass is 10.2. The fourth-order valence-electron chi connectivity index (χ4n) is 4.82. The van der Waals surface area contributed by atoms with Crippen molar-refractivity contribution in [2.45, 2.75) is 12.4 Å². The van der Waals surface area contributed by atoms with E-state index in [1.54, 1.807) is 71.9 Å². The standard InChI is InChI=1S/C30H19F6N11/c31-29(32,33)21-10-16-45(43-21)27-19(25-37-12-13-38-25)6-8-23(41-27)47(18-4-2-1-3-5-18)24-9-7-20(26-39-14-15-40-26)28(42-24)46-17-11-22(44-46)30(34,35)36/h1-17H,(H,37,38)(H,39,40). The lowest BCUT2D eigenvalue weighted by Crippen LogP contribution is -2.16. The predicted molar refractivity (Wildman–Crippen MR) is 156 cm³/mol. The maximum Gasteiger partial charge on any atom is 0.435 e. The van der Waals surface area contributed by atoms with E-state index in [9.17, 15) is 26.3 Å². The molecule has 47 heavy (non-hydrogen) atoms. The number of para-hydroxylation sites is 1. The van der Waals surface area contributed by atoms with Crippen molar-refractivity contribution < 1.29 is 26.3 Å². The summed E-state index contributed by atoms with van der Waals surface area (Å²) < 4.78 is 83.1. The topological polar surface area (TPSA) is 122 Å². The SMILES string of the molecule is FC(F)(F)c1ccn(-c2nc(N(c3ccccc3)c3ccc(-c4ncc[nH]4)c(-n4ccc(C(F)(F)F)n4)n3)ccc2-c2ncc[nH]2)n1. The molecule has 17 heteroatoms. The Morgan fingerprint density at radius 2 is 1.04 bits per heavy atom. The summed E-state index contributed by atoms with van der Waals surface area (Å²) in [6, 6.07) is 16.9. The Balaban J connectivity index is 1.43. The van der Waals surface area contributed by atoms with E-state index in [4.69, 9.17) is 9.97 Å². The zero-order valence-corrected chi connectivity index (χ0v) is 23.6. The molecule has 7 rings (SSSR count). The maximum atomic E-state index is 13.5. The fourth-order valence-corrected chi connectivity index (χ4v) is 4.82. The first-order chi connectivity index (χ1) is 22.6. The average Bonchev–Trinajstić information content (AvgIpc) is 3.88. The van der Waals surface area contributed by atoms with Crippen LogP contribution in [0.1, 0.15) is 11.4 Å². The molecule has 0 unspecified atom stereocenters. The number of aromatic amines is 2. The number of H-pyrrole nitrogens is 2. The minimum absolute atomic E-state index is 0.0169. The number of nitrogens with zero attached hydrogens (tertiary/aromatic N) is 9. The monoisotopic (exact) mass is 647 g/mol. The van der Waals surface area contributed by atoms with E-state index in [1.807, 2.05) is 0 Å². The molecule has 0 atom stereocenters. The van der Waals surface area contributed by atoms with Crippen molar-refractivity contribution in [3.63, 3.8) is 0 Å². The minimum atomic E-state index is -4.70.